The maximum absolute atomic E-state index is 12.7. The molecule has 6 heteroatoms. The Balaban J connectivity index is 1.39. The number of nitrogens with zero attached hydrogens (tertiary/aromatic N) is 4. The first-order chi connectivity index (χ1) is 11.7. The molecule has 0 saturated carbocycles. The van der Waals surface area contributed by atoms with Gasteiger partial charge in [0.05, 0.1) is 37.6 Å². The van der Waals surface area contributed by atoms with E-state index in [2.05, 4.69) is 34.3 Å². The number of carbonyl (C=O) groups is 1. The minimum absolute atomic E-state index is 0.0544. The number of benzene rings is 1. The summed E-state index contributed by atoms with van der Waals surface area (Å²) in [5.41, 5.74) is 4.41. The third-order valence-electron chi connectivity index (χ3n) is 4.93. The van der Waals surface area contributed by atoms with Gasteiger partial charge in [0, 0.05) is 19.6 Å². The van der Waals surface area contributed by atoms with Crippen LogP contribution in [0.25, 0.3) is 0 Å². The monoisotopic (exact) mass is 326 g/mol. The molecule has 0 radical (unpaired) electrons. The Hall–Kier alpha value is -2.18. The van der Waals surface area contributed by atoms with Crippen molar-refractivity contribution in [1.82, 2.24) is 19.6 Å². The number of amides is 1. The van der Waals surface area contributed by atoms with Crippen LogP contribution in [0.3, 0.4) is 0 Å². The molecule has 24 heavy (non-hydrogen) atoms. The minimum Gasteiger partial charge on any atom is -0.390 e. The Morgan fingerprint density at radius 2 is 1.96 bits per heavy atom. The first-order valence-corrected chi connectivity index (χ1v) is 8.46. The Morgan fingerprint density at radius 1 is 1.12 bits per heavy atom. The summed E-state index contributed by atoms with van der Waals surface area (Å²) in [5.74, 6) is 0.173. The summed E-state index contributed by atoms with van der Waals surface area (Å²) in [4.78, 5) is 16.8. The van der Waals surface area contributed by atoms with Gasteiger partial charge in [-0.2, -0.15) is 5.10 Å². The molecule has 2 aliphatic rings. The Labute approximate surface area is 141 Å². The zero-order chi connectivity index (χ0) is 16.5. The largest absolute Gasteiger partial charge is 0.390 e. The van der Waals surface area contributed by atoms with E-state index in [-0.39, 0.29) is 12.5 Å². The van der Waals surface area contributed by atoms with Crippen LogP contribution >= 0.6 is 0 Å². The van der Waals surface area contributed by atoms with Crippen molar-refractivity contribution in [3.05, 3.63) is 52.8 Å². The molecule has 0 unspecified atom stereocenters. The number of aliphatic hydroxyl groups is 1. The number of aliphatic hydroxyl groups excluding tert-OH is 1. The van der Waals surface area contributed by atoms with Crippen molar-refractivity contribution in [2.24, 2.45) is 0 Å². The second-order valence-electron chi connectivity index (χ2n) is 6.55. The van der Waals surface area contributed by atoms with Gasteiger partial charge < -0.3 is 10.0 Å². The number of hydrogen-bond donors (Lipinski definition) is 1. The third-order valence-corrected chi connectivity index (χ3v) is 4.93. The van der Waals surface area contributed by atoms with Crippen LogP contribution in [0.15, 0.2) is 30.3 Å². The van der Waals surface area contributed by atoms with E-state index in [4.69, 9.17) is 0 Å². The van der Waals surface area contributed by atoms with Crippen molar-refractivity contribution in [2.75, 3.05) is 19.6 Å². The molecule has 2 aromatic rings. The van der Waals surface area contributed by atoms with Gasteiger partial charge in [0.15, 0.2) is 0 Å². The van der Waals surface area contributed by atoms with Gasteiger partial charge in [-0.15, -0.1) is 0 Å². The minimum atomic E-state index is -0.0544. The molecule has 0 atom stereocenters. The average molecular weight is 326 g/mol. The summed E-state index contributed by atoms with van der Waals surface area (Å²) >= 11 is 0. The van der Waals surface area contributed by atoms with Crippen molar-refractivity contribution in [2.45, 2.75) is 32.7 Å². The van der Waals surface area contributed by atoms with E-state index in [9.17, 15) is 9.90 Å². The zero-order valence-electron chi connectivity index (χ0n) is 13.7. The topological polar surface area (TPSA) is 61.6 Å². The average Bonchev–Trinajstić information content (AvgIpc) is 3.04. The Kier molecular flexibility index (Phi) is 4.08. The molecular formula is C18H22N4O2. The molecule has 126 valence electrons. The molecule has 1 N–H and O–H groups in total. The van der Waals surface area contributed by atoms with E-state index >= 15 is 0 Å². The van der Waals surface area contributed by atoms with Crippen molar-refractivity contribution in [3.8, 4) is 0 Å². The molecule has 1 amide bonds. The second kappa shape index (κ2) is 6.37. The predicted octanol–water partition coefficient (Wildman–Crippen LogP) is 0.776. The van der Waals surface area contributed by atoms with Crippen LogP contribution in [0.5, 0.6) is 0 Å². The summed E-state index contributed by atoms with van der Waals surface area (Å²) in [5, 5.41) is 13.5. The molecule has 0 saturated heterocycles. The number of fused-ring (bicyclic) bond motifs is 2. The van der Waals surface area contributed by atoms with Crippen molar-refractivity contribution in [3.63, 3.8) is 0 Å². The second-order valence-corrected chi connectivity index (χ2v) is 6.55. The number of hydrogen-bond acceptors (Lipinski definition) is 4. The van der Waals surface area contributed by atoms with Crippen LogP contribution in [0, 0.1) is 0 Å². The van der Waals surface area contributed by atoms with Crippen molar-refractivity contribution >= 4 is 5.91 Å². The maximum atomic E-state index is 12.7. The summed E-state index contributed by atoms with van der Waals surface area (Å²) in [6.07, 6.45) is 1.01. The first kappa shape index (κ1) is 15.4. The number of carbonyl (C=O) groups excluding carboxylic acids is 1. The van der Waals surface area contributed by atoms with Crippen LogP contribution in [-0.2, 0) is 37.5 Å². The smallest absolute Gasteiger partial charge is 0.237 e. The SMILES string of the molecule is O=C(CN1CCc2ccccc2C1)N1CCn2nc(CO)cc2C1. The molecule has 2 aliphatic heterocycles. The van der Waals surface area contributed by atoms with Crippen LogP contribution in [0.4, 0.5) is 0 Å². The van der Waals surface area contributed by atoms with E-state index in [0.717, 1.165) is 25.2 Å². The van der Waals surface area contributed by atoms with Gasteiger partial charge >= 0.3 is 0 Å². The lowest BCUT2D eigenvalue weighted by Gasteiger charge is -2.32. The zero-order valence-corrected chi connectivity index (χ0v) is 13.7. The molecular weight excluding hydrogens is 304 g/mol. The highest BCUT2D eigenvalue weighted by atomic mass is 16.3. The van der Waals surface area contributed by atoms with Gasteiger partial charge in [-0.05, 0) is 23.6 Å². The Morgan fingerprint density at radius 3 is 2.79 bits per heavy atom. The molecule has 0 spiro atoms. The van der Waals surface area contributed by atoms with Crippen LogP contribution in [0.2, 0.25) is 0 Å². The van der Waals surface area contributed by atoms with Crippen LogP contribution < -0.4 is 0 Å². The standard InChI is InChI=1S/C18H22N4O2/c23-13-16-9-17-11-21(7-8-22(17)19-16)18(24)12-20-6-5-14-3-1-2-4-15(14)10-20/h1-4,9,23H,5-8,10-13H2. The van der Waals surface area contributed by atoms with E-state index in [1.54, 1.807) is 0 Å². The summed E-state index contributed by atoms with van der Waals surface area (Å²) < 4.78 is 1.90. The van der Waals surface area contributed by atoms with E-state index in [1.807, 2.05) is 15.6 Å². The molecule has 1 aromatic carbocycles. The predicted molar refractivity (Wildman–Crippen MR) is 89.0 cm³/mol. The molecule has 6 nitrogen and oxygen atoms in total. The van der Waals surface area contributed by atoms with E-state index in [0.29, 0.717) is 31.9 Å². The number of aromatic nitrogens is 2. The molecule has 1 aromatic heterocycles. The highest BCUT2D eigenvalue weighted by Gasteiger charge is 2.25. The summed E-state index contributed by atoms with van der Waals surface area (Å²) in [6.45, 7) is 4.16. The van der Waals surface area contributed by atoms with Gasteiger partial charge in [0.25, 0.3) is 0 Å². The van der Waals surface area contributed by atoms with Crippen LogP contribution in [-0.4, -0.2) is 50.2 Å². The van der Waals surface area contributed by atoms with E-state index in [1.165, 1.54) is 11.1 Å². The quantitative estimate of drug-likeness (QED) is 0.905. The fraction of sp³-hybridized carbons (Fsp3) is 0.444. The lowest BCUT2D eigenvalue weighted by molar-refractivity contribution is -0.134. The fourth-order valence-electron chi connectivity index (χ4n) is 3.60. The first-order valence-electron chi connectivity index (χ1n) is 8.46. The van der Waals surface area contributed by atoms with Crippen molar-refractivity contribution < 1.29 is 9.90 Å². The fourth-order valence-corrected chi connectivity index (χ4v) is 3.60. The van der Waals surface area contributed by atoms with Gasteiger partial charge in [-0.25, -0.2) is 0 Å². The summed E-state index contributed by atoms with van der Waals surface area (Å²) in [6, 6.07) is 10.4. The highest BCUT2D eigenvalue weighted by molar-refractivity contribution is 5.78. The van der Waals surface area contributed by atoms with Gasteiger partial charge in [0.1, 0.15) is 0 Å². The highest BCUT2D eigenvalue weighted by Crippen LogP contribution is 2.19. The molecule has 0 bridgehead atoms. The van der Waals surface area contributed by atoms with Gasteiger partial charge in [0.2, 0.25) is 5.91 Å². The Bertz CT molecular complexity index is 755. The molecule has 0 aliphatic carbocycles. The summed E-state index contributed by atoms with van der Waals surface area (Å²) in [7, 11) is 0. The lowest BCUT2D eigenvalue weighted by Crippen LogP contribution is -2.45. The number of rotatable bonds is 3. The normalized spacial score (nSPS) is 17.5. The van der Waals surface area contributed by atoms with E-state index < -0.39 is 0 Å². The van der Waals surface area contributed by atoms with Gasteiger partial charge in [-0.1, -0.05) is 24.3 Å². The third kappa shape index (κ3) is 2.95. The van der Waals surface area contributed by atoms with Gasteiger partial charge in [-0.3, -0.25) is 14.4 Å². The maximum Gasteiger partial charge on any atom is 0.237 e. The molecule has 4 rings (SSSR count). The molecule has 3 heterocycles. The molecule has 0 fully saturated rings. The van der Waals surface area contributed by atoms with Crippen molar-refractivity contribution in [1.29, 1.82) is 0 Å². The van der Waals surface area contributed by atoms with Crippen LogP contribution in [0.1, 0.15) is 22.5 Å². The lowest BCUT2D eigenvalue weighted by atomic mass is 10.00.